The standard InChI is InChI=1S/C35H32N8O25S8/c44-32-30-19(14-29(74(58,59)60)31(32)43-42-26-17-24(71(49,50)51)7-8-28(26)73(55,56)57)13-25(72(52,53)54)18-27(30)38-35-40-33(36-20-3-1-5-22(15-20)69(45,46)11-9-67-75(61,62)63)39-34(41-35)37-21-4-2-6-23(16-21)70(47,48)12-10-68-76(64,65)66/h1-8,13-18,44H,9-12H2,(H,49,50,51)(H,52,53,54)(H,55,56,57)(H,58,59,60)(H,61,62,63)(H,64,65,66)(H3,36,37,38,39,40,41). The van der Waals surface area contributed by atoms with E-state index in [0.29, 0.717) is 36.4 Å². The van der Waals surface area contributed by atoms with Crippen molar-refractivity contribution in [3.63, 3.8) is 0 Å². The lowest BCUT2D eigenvalue weighted by Gasteiger charge is -2.16. The van der Waals surface area contributed by atoms with Gasteiger partial charge in [-0.1, -0.05) is 12.1 Å². The van der Waals surface area contributed by atoms with E-state index in [-0.39, 0.29) is 11.4 Å². The summed E-state index contributed by atoms with van der Waals surface area (Å²) in [5.74, 6) is -5.25. The summed E-state index contributed by atoms with van der Waals surface area (Å²) in [4.78, 5) is 6.78. The first-order valence-corrected chi connectivity index (χ1v) is 31.3. The second-order valence-corrected chi connectivity index (χ2v) is 26.8. The molecule has 76 heavy (non-hydrogen) atoms. The Labute approximate surface area is 429 Å². The second-order valence-electron chi connectivity index (χ2n) is 14.7. The van der Waals surface area contributed by atoms with Crippen LogP contribution < -0.4 is 16.0 Å². The number of aromatic hydroxyl groups is 1. The summed E-state index contributed by atoms with van der Waals surface area (Å²) in [6.07, 6.45) is 0. The van der Waals surface area contributed by atoms with Gasteiger partial charge in [-0.25, -0.2) is 25.2 Å². The van der Waals surface area contributed by atoms with E-state index in [0.717, 1.165) is 24.3 Å². The van der Waals surface area contributed by atoms with E-state index in [4.69, 9.17) is 9.11 Å². The van der Waals surface area contributed by atoms with E-state index in [9.17, 15) is 90.7 Å². The molecule has 41 heteroatoms. The maximum Gasteiger partial charge on any atom is 0.397 e. The third-order valence-corrected chi connectivity index (χ3v) is 17.1. The fraction of sp³-hybridized carbons (Fsp3) is 0.114. The first-order valence-electron chi connectivity index (χ1n) is 19.6. The number of nitrogens with zero attached hydrogens (tertiary/aromatic N) is 5. The predicted octanol–water partition coefficient (Wildman–Crippen LogP) is 2.55. The van der Waals surface area contributed by atoms with Crippen molar-refractivity contribution in [3.05, 3.63) is 84.9 Å². The van der Waals surface area contributed by atoms with Crippen LogP contribution in [0.3, 0.4) is 0 Å². The molecule has 10 N–H and O–H groups in total. The lowest BCUT2D eigenvalue weighted by atomic mass is 10.1. The Morgan fingerprint density at radius 2 is 0.921 bits per heavy atom. The van der Waals surface area contributed by atoms with E-state index in [1.165, 1.54) is 24.3 Å². The molecule has 6 rings (SSSR count). The van der Waals surface area contributed by atoms with Gasteiger partial charge in [0.05, 0.1) is 50.0 Å². The van der Waals surface area contributed by atoms with Gasteiger partial charge in [-0.05, 0) is 78.2 Å². The summed E-state index contributed by atoms with van der Waals surface area (Å²) in [6, 6.07) is 11.9. The van der Waals surface area contributed by atoms with Gasteiger partial charge in [-0.2, -0.15) is 65.5 Å². The minimum Gasteiger partial charge on any atom is -0.505 e. The Bertz CT molecular complexity index is 4190. The monoisotopic (exact) mass is 1220 g/mol. The van der Waals surface area contributed by atoms with Crippen LogP contribution in [0.15, 0.2) is 125 Å². The molecule has 0 fully saturated rings. The average Bonchev–Trinajstić information content (AvgIpc) is 3.26. The van der Waals surface area contributed by atoms with Crippen LogP contribution in [0.25, 0.3) is 10.8 Å². The molecular weight excluding hydrogens is 1190 g/mol. The van der Waals surface area contributed by atoms with Gasteiger partial charge in [0.15, 0.2) is 25.4 Å². The highest BCUT2D eigenvalue weighted by Crippen LogP contribution is 2.46. The van der Waals surface area contributed by atoms with Crippen LogP contribution in [0, 0.1) is 0 Å². The van der Waals surface area contributed by atoms with Gasteiger partial charge >= 0.3 is 20.8 Å². The van der Waals surface area contributed by atoms with Crippen LogP contribution in [-0.2, 0) is 89.3 Å². The van der Waals surface area contributed by atoms with Gasteiger partial charge in [-0.15, -0.1) is 10.2 Å². The number of fused-ring (bicyclic) bond motifs is 1. The van der Waals surface area contributed by atoms with Crippen molar-refractivity contribution in [2.75, 3.05) is 40.7 Å². The first kappa shape index (κ1) is 58.7. The van der Waals surface area contributed by atoms with Gasteiger partial charge in [-0.3, -0.25) is 27.3 Å². The highest BCUT2D eigenvalue weighted by molar-refractivity contribution is 7.92. The zero-order valence-corrected chi connectivity index (χ0v) is 43.4. The number of hydrogen-bond donors (Lipinski definition) is 10. The molecule has 0 spiro atoms. The molecule has 0 aliphatic carbocycles. The number of azo groups is 1. The summed E-state index contributed by atoms with van der Waals surface area (Å²) in [7, 11) is -40.2. The number of sulfone groups is 2. The van der Waals surface area contributed by atoms with Crippen LogP contribution in [0.2, 0.25) is 0 Å². The Hall–Kier alpha value is -6.55. The average molecular weight is 1220 g/mol. The molecule has 33 nitrogen and oxygen atoms in total. The van der Waals surface area contributed by atoms with Crippen molar-refractivity contribution in [2.24, 2.45) is 10.2 Å². The molecule has 0 saturated heterocycles. The number of phenolic OH excluding ortho intramolecular Hbond substituents is 1. The quantitative estimate of drug-likeness (QED) is 0.0345. The van der Waals surface area contributed by atoms with E-state index in [1.807, 2.05) is 0 Å². The predicted molar refractivity (Wildman–Crippen MR) is 257 cm³/mol. The maximum atomic E-state index is 13.0. The summed E-state index contributed by atoms with van der Waals surface area (Å²) in [5.41, 5.74) is -3.45. The molecule has 0 saturated carbocycles. The summed E-state index contributed by atoms with van der Waals surface area (Å²) in [5, 5.41) is 25.0. The normalized spacial score (nSPS) is 13.2. The molecule has 1 aromatic heterocycles. The molecular formula is C35H32N8O25S8. The van der Waals surface area contributed by atoms with Crippen molar-refractivity contribution in [2.45, 2.75) is 29.4 Å². The van der Waals surface area contributed by atoms with Crippen LogP contribution >= 0.6 is 0 Å². The smallest absolute Gasteiger partial charge is 0.397 e. The largest absolute Gasteiger partial charge is 0.505 e. The number of aromatic nitrogens is 3. The van der Waals surface area contributed by atoms with Crippen molar-refractivity contribution in [3.8, 4) is 5.75 Å². The lowest BCUT2D eigenvalue weighted by Crippen LogP contribution is -2.15. The number of anilines is 6. The summed E-state index contributed by atoms with van der Waals surface area (Å²) in [6.45, 7) is -2.02. The Kier molecular flexibility index (Phi) is 16.6. The third kappa shape index (κ3) is 15.3. The minimum atomic E-state index is -5.61. The first-order chi connectivity index (χ1) is 34.8. The fourth-order valence-corrected chi connectivity index (χ4v) is 11.6. The van der Waals surface area contributed by atoms with Gasteiger partial charge < -0.3 is 21.1 Å². The number of hydrogen-bond acceptors (Lipinski definition) is 27. The maximum absolute atomic E-state index is 13.0. The highest BCUT2D eigenvalue weighted by atomic mass is 32.3. The van der Waals surface area contributed by atoms with Crippen LogP contribution in [0.5, 0.6) is 5.75 Å². The molecule has 0 radical (unpaired) electrons. The second kappa shape index (κ2) is 21.5. The molecule has 410 valence electrons. The van der Waals surface area contributed by atoms with E-state index in [1.54, 1.807) is 0 Å². The Morgan fingerprint density at radius 3 is 1.36 bits per heavy atom. The molecule has 1 heterocycles. The number of benzene rings is 5. The Balaban J connectivity index is 1.54. The van der Waals surface area contributed by atoms with Crippen LogP contribution in [0.4, 0.5) is 46.3 Å². The minimum absolute atomic E-state index is 0.149. The van der Waals surface area contributed by atoms with Gasteiger partial charge in [0, 0.05) is 16.8 Å². The molecule has 0 aliphatic heterocycles. The molecule has 0 unspecified atom stereocenters. The molecule has 6 aromatic rings. The number of phenols is 1. The van der Waals surface area contributed by atoms with E-state index >= 15 is 0 Å². The lowest BCUT2D eigenvalue weighted by molar-refractivity contribution is 0.282. The molecule has 0 bridgehead atoms. The molecule has 0 atom stereocenters. The van der Waals surface area contributed by atoms with E-state index in [2.05, 4.69) is 49.5 Å². The van der Waals surface area contributed by atoms with Crippen LogP contribution in [-0.4, -0.2) is 139 Å². The summed E-state index contributed by atoms with van der Waals surface area (Å²) >= 11 is 0. The van der Waals surface area contributed by atoms with Crippen molar-refractivity contribution in [1.29, 1.82) is 0 Å². The SMILES string of the molecule is O=S(=O)(O)OCCS(=O)(=O)c1cccc(Nc2nc(Nc3cccc(S(=O)(=O)CCOS(=O)(=O)O)c3)nc(Nc3cc(S(=O)(=O)O)cc4cc(S(=O)(=O)O)c(N=Nc5cc(S(=O)(=O)O)ccc5S(=O)(=O)O)c(O)c34)n2)c1. The third-order valence-electron chi connectivity index (χ3n) is 9.41. The van der Waals surface area contributed by atoms with E-state index < -0.39 is 186 Å². The Morgan fingerprint density at radius 1 is 0.461 bits per heavy atom. The van der Waals surface area contributed by atoms with Gasteiger partial charge in [0.1, 0.15) is 21.2 Å². The molecule has 5 aromatic carbocycles. The number of nitrogens with one attached hydrogen (secondary N) is 3. The van der Waals surface area contributed by atoms with Gasteiger partial charge in [0.2, 0.25) is 17.8 Å². The number of rotatable bonds is 22. The molecule has 0 amide bonds. The topological polar surface area (TPSA) is 533 Å². The van der Waals surface area contributed by atoms with Crippen LogP contribution in [0.1, 0.15) is 0 Å². The molecule has 0 aliphatic rings. The van der Waals surface area contributed by atoms with Gasteiger partial charge in [0.25, 0.3) is 40.5 Å². The van der Waals surface area contributed by atoms with Crippen molar-refractivity contribution in [1.82, 2.24) is 15.0 Å². The fourth-order valence-electron chi connectivity index (χ4n) is 6.25. The van der Waals surface area contributed by atoms with Crippen molar-refractivity contribution < 1.29 is 108 Å². The summed E-state index contributed by atoms with van der Waals surface area (Å²) < 4.78 is 260. The zero-order chi connectivity index (χ0) is 56.6. The van der Waals surface area contributed by atoms with Crippen molar-refractivity contribution >= 4 is 138 Å². The zero-order valence-electron chi connectivity index (χ0n) is 36.9. The highest BCUT2D eigenvalue weighted by Gasteiger charge is 2.28.